The summed E-state index contributed by atoms with van der Waals surface area (Å²) in [5.74, 6) is 0. The van der Waals surface area contributed by atoms with E-state index in [4.69, 9.17) is 4.74 Å². The first-order chi connectivity index (χ1) is 9.76. The Morgan fingerprint density at radius 1 is 0.950 bits per heavy atom. The number of unbranched alkanes of at least 4 members (excludes halogenated alkanes) is 6. The Labute approximate surface area is 124 Å². The van der Waals surface area contributed by atoms with Crippen LogP contribution in [0.3, 0.4) is 0 Å². The van der Waals surface area contributed by atoms with Crippen LogP contribution in [0.1, 0.15) is 77.7 Å². The van der Waals surface area contributed by atoms with Crippen LogP contribution in [0.15, 0.2) is 12.4 Å². The quantitative estimate of drug-likeness (QED) is 0.537. The minimum atomic E-state index is 0.184. The molecule has 0 amide bonds. The summed E-state index contributed by atoms with van der Waals surface area (Å²) in [6, 6.07) is 0.502. The molecule has 0 aliphatic carbocycles. The van der Waals surface area contributed by atoms with Crippen molar-refractivity contribution < 1.29 is 4.74 Å². The summed E-state index contributed by atoms with van der Waals surface area (Å²) in [5.41, 5.74) is 1.22. The van der Waals surface area contributed by atoms with Crippen molar-refractivity contribution in [2.24, 2.45) is 0 Å². The Balaban J connectivity index is 2.15. The summed E-state index contributed by atoms with van der Waals surface area (Å²) >= 11 is 0. The zero-order valence-electron chi connectivity index (χ0n) is 13.4. The van der Waals surface area contributed by atoms with Gasteiger partial charge < -0.3 is 4.74 Å². The van der Waals surface area contributed by atoms with Gasteiger partial charge in [-0.25, -0.2) is 9.97 Å². The average Bonchev–Trinajstić information content (AvgIpc) is 2.48. The van der Waals surface area contributed by atoms with Gasteiger partial charge in [-0.3, -0.25) is 0 Å². The zero-order chi connectivity index (χ0) is 14.6. The van der Waals surface area contributed by atoms with Gasteiger partial charge in [-0.05, 0) is 31.7 Å². The van der Waals surface area contributed by atoms with E-state index >= 15 is 0 Å². The van der Waals surface area contributed by atoms with Gasteiger partial charge in [0.05, 0.1) is 6.10 Å². The first-order valence-corrected chi connectivity index (χ1v) is 8.23. The molecule has 0 aliphatic heterocycles. The molecule has 0 fully saturated rings. The van der Waals surface area contributed by atoms with Gasteiger partial charge in [-0.2, -0.15) is 0 Å². The van der Waals surface area contributed by atoms with E-state index in [1.54, 1.807) is 0 Å². The van der Waals surface area contributed by atoms with Crippen molar-refractivity contribution in [1.82, 2.24) is 9.97 Å². The van der Waals surface area contributed by atoms with E-state index in [0.717, 1.165) is 12.8 Å². The smallest absolute Gasteiger partial charge is 0.316 e. The fourth-order valence-electron chi connectivity index (χ4n) is 2.08. The topological polar surface area (TPSA) is 35.0 Å². The van der Waals surface area contributed by atoms with Crippen LogP contribution in [-0.2, 0) is 6.42 Å². The van der Waals surface area contributed by atoms with Gasteiger partial charge in [-0.15, -0.1) is 0 Å². The van der Waals surface area contributed by atoms with E-state index in [2.05, 4.69) is 23.8 Å². The molecular weight excluding hydrogens is 248 g/mol. The normalized spacial score (nSPS) is 12.3. The summed E-state index contributed by atoms with van der Waals surface area (Å²) in [6.45, 7) is 6.39. The van der Waals surface area contributed by atoms with Crippen molar-refractivity contribution in [3.05, 3.63) is 18.0 Å². The molecule has 20 heavy (non-hydrogen) atoms. The second-order valence-corrected chi connectivity index (χ2v) is 5.58. The maximum absolute atomic E-state index is 5.58. The molecule has 3 heteroatoms. The number of aromatic nitrogens is 2. The van der Waals surface area contributed by atoms with Crippen molar-refractivity contribution in [3.63, 3.8) is 0 Å². The minimum Gasteiger partial charge on any atom is -0.460 e. The Bertz CT molecular complexity index is 337. The molecule has 1 aromatic heterocycles. The molecule has 1 atom stereocenters. The molecule has 0 spiro atoms. The summed E-state index contributed by atoms with van der Waals surface area (Å²) in [4.78, 5) is 8.55. The third kappa shape index (κ3) is 7.46. The second kappa shape index (κ2) is 10.6. The monoisotopic (exact) mass is 278 g/mol. The van der Waals surface area contributed by atoms with Crippen molar-refractivity contribution in [2.45, 2.75) is 84.7 Å². The molecule has 0 N–H and O–H groups in total. The predicted octanol–water partition coefficient (Wildman–Crippen LogP) is 4.95. The molecule has 1 unspecified atom stereocenters. The molecule has 0 aliphatic rings. The van der Waals surface area contributed by atoms with Crippen LogP contribution < -0.4 is 4.74 Å². The van der Waals surface area contributed by atoms with E-state index in [1.165, 1.54) is 50.5 Å². The number of hydrogen-bond donors (Lipinski definition) is 0. The lowest BCUT2D eigenvalue weighted by Crippen LogP contribution is -2.11. The van der Waals surface area contributed by atoms with Crippen LogP contribution >= 0.6 is 0 Å². The number of rotatable bonds is 11. The molecule has 0 bridgehead atoms. The highest BCUT2D eigenvalue weighted by atomic mass is 16.5. The highest BCUT2D eigenvalue weighted by Gasteiger charge is 2.03. The summed E-state index contributed by atoms with van der Waals surface area (Å²) in [7, 11) is 0. The Hall–Kier alpha value is -1.12. The molecule has 1 rings (SSSR count). The standard InChI is InChI=1S/C17H30N2O/c1-4-6-7-8-9-10-11-12-16-13-18-17(19-14-16)20-15(3)5-2/h13-15H,4-12H2,1-3H3. The average molecular weight is 278 g/mol. The zero-order valence-corrected chi connectivity index (χ0v) is 13.4. The van der Waals surface area contributed by atoms with Crippen LogP contribution in [0.25, 0.3) is 0 Å². The number of nitrogens with zero attached hydrogens (tertiary/aromatic N) is 2. The number of hydrogen-bond acceptors (Lipinski definition) is 3. The van der Waals surface area contributed by atoms with Crippen molar-refractivity contribution in [1.29, 1.82) is 0 Å². The van der Waals surface area contributed by atoms with E-state index in [9.17, 15) is 0 Å². The molecule has 0 radical (unpaired) electrons. The number of ether oxygens (including phenoxy) is 1. The van der Waals surface area contributed by atoms with Gasteiger partial charge in [0.15, 0.2) is 0 Å². The van der Waals surface area contributed by atoms with Crippen LogP contribution in [0.4, 0.5) is 0 Å². The van der Waals surface area contributed by atoms with Crippen molar-refractivity contribution >= 4 is 0 Å². The van der Waals surface area contributed by atoms with Crippen LogP contribution in [0.2, 0.25) is 0 Å². The molecule has 0 saturated heterocycles. The molecule has 1 aromatic rings. The van der Waals surface area contributed by atoms with E-state index < -0.39 is 0 Å². The predicted molar refractivity (Wildman–Crippen MR) is 84.1 cm³/mol. The number of aryl methyl sites for hydroxylation is 1. The Morgan fingerprint density at radius 2 is 1.55 bits per heavy atom. The van der Waals surface area contributed by atoms with E-state index in [0.29, 0.717) is 6.01 Å². The Morgan fingerprint density at radius 3 is 2.15 bits per heavy atom. The van der Waals surface area contributed by atoms with Gasteiger partial charge >= 0.3 is 6.01 Å². The minimum absolute atomic E-state index is 0.184. The van der Waals surface area contributed by atoms with Crippen LogP contribution in [0.5, 0.6) is 6.01 Å². The fourth-order valence-corrected chi connectivity index (χ4v) is 2.08. The fraction of sp³-hybridized carbons (Fsp3) is 0.765. The van der Waals surface area contributed by atoms with E-state index in [1.807, 2.05) is 19.3 Å². The largest absolute Gasteiger partial charge is 0.460 e. The SMILES string of the molecule is CCCCCCCCCc1cnc(OC(C)CC)nc1. The van der Waals surface area contributed by atoms with Gasteiger partial charge in [-0.1, -0.05) is 52.4 Å². The third-order valence-electron chi connectivity index (χ3n) is 3.63. The highest BCUT2D eigenvalue weighted by Crippen LogP contribution is 2.11. The summed E-state index contributed by atoms with van der Waals surface area (Å²) in [6.07, 6.45) is 15.4. The Kier molecular flexibility index (Phi) is 9.01. The maximum Gasteiger partial charge on any atom is 0.316 e. The molecular formula is C17H30N2O. The lowest BCUT2D eigenvalue weighted by atomic mass is 10.1. The summed E-state index contributed by atoms with van der Waals surface area (Å²) in [5, 5.41) is 0. The van der Waals surface area contributed by atoms with Gasteiger partial charge in [0, 0.05) is 12.4 Å². The van der Waals surface area contributed by atoms with E-state index in [-0.39, 0.29) is 6.10 Å². The van der Waals surface area contributed by atoms with Gasteiger partial charge in [0.2, 0.25) is 0 Å². The molecule has 114 valence electrons. The lowest BCUT2D eigenvalue weighted by molar-refractivity contribution is 0.199. The van der Waals surface area contributed by atoms with Crippen LogP contribution in [0, 0.1) is 0 Å². The molecule has 1 heterocycles. The van der Waals surface area contributed by atoms with Crippen molar-refractivity contribution in [2.75, 3.05) is 0 Å². The maximum atomic E-state index is 5.58. The lowest BCUT2D eigenvalue weighted by Gasteiger charge is -2.10. The van der Waals surface area contributed by atoms with Crippen LogP contribution in [-0.4, -0.2) is 16.1 Å². The van der Waals surface area contributed by atoms with Gasteiger partial charge in [0.25, 0.3) is 0 Å². The molecule has 0 aromatic carbocycles. The highest BCUT2D eigenvalue weighted by molar-refractivity contribution is 5.07. The summed E-state index contributed by atoms with van der Waals surface area (Å²) < 4.78 is 5.58. The first kappa shape index (κ1) is 16.9. The molecule has 0 saturated carbocycles. The third-order valence-corrected chi connectivity index (χ3v) is 3.63. The molecule has 3 nitrogen and oxygen atoms in total. The van der Waals surface area contributed by atoms with Crippen molar-refractivity contribution in [3.8, 4) is 6.01 Å². The first-order valence-electron chi connectivity index (χ1n) is 8.23. The second-order valence-electron chi connectivity index (χ2n) is 5.58. The van der Waals surface area contributed by atoms with Gasteiger partial charge in [0.1, 0.15) is 0 Å².